The summed E-state index contributed by atoms with van der Waals surface area (Å²) < 4.78 is 25.4. The van der Waals surface area contributed by atoms with Crippen molar-refractivity contribution >= 4 is 21.6 Å². The maximum atomic E-state index is 11.5. The number of benzene rings is 1. The Balaban J connectivity index is 2.48. The van der Waals surface area contributed by atoms with Gasteiger partial charge in [-0.1, -0.05) is 23.7 Å². The summed E-state index contributed by atoms with van der Waals surface area (Å²) in [5, 5.41) is 3.43. The van der Waals surface area contributed by atoms with Gasteiger partial charge in [0, 0.05) is 18.1 Å². The summed E-state index contributed by atoms with van der Waals surface area (Å²) in [6.07, 6.45) is 0. The van der Waals surface area contributed by atoms with Gasteiger partial charge in [-0.25, -0.2) is 13.1 Å². The number of hydrogen-bond donors (Lipinski definition) is 2. The van der Waals surface area contributed by atoms with Gasteiger partial charge in [0.2, 0.25) is 10.0 Å². The first-order valence-corrected chi connectivity index (χ1v) is 6.93. The minimum Gasteiger partial charge on any atom is -0.319 e. The summed E-state index contributed by atoms with van der Waals surface area (Å²) in [4.78, 5) is 0. The zero-order chi connectivity index (χ0) is 12.0. The molecule has 0 spiro atoms. The zero-order valence-corrected chi connectivity index (χ0v) is 10.6. The van der Waals surface area contributed by atoms with Crippen molar-refractivity contribution in [3.8, 4) is 0 Å². The number of rotatable bonds is 6. The molecule has 0 atom stereocenters. The van der Waals surface area contributed by atoms with E-state index in [-0.39, 0.29) is 5.75 Å². The Kier molecular flexibility index (Phi) is 5.21. The van der Waals surface area contributed by atoms with Gasteiger partial charge in [-0.05, 0) is 24.7 Å². The molecule has 0 unspecified atom stereocenters. The van der Waals surface area contributed by atoms with Gasteiger partial charge in [-0.3, -0.25) is 0 Å². The number of sulfonamides is 1. The van der Waals surface area contributed by atoms with Gasteiger partial charge in [0.1, 0.15) is 0 Å². The molecule has 1 aromatic carbocycles. The van der Waals surface area contributed by atoms with Crippen molar-refractivity contribution in [1.82, 2.24) is 10.0 Å². The van der Waals surface area contributed by atoms with Crippen LogP contribution in [0.1, 0.15) is 5.56 Å². The van der Waals surface area contributed by atoms with Gasteiger partial charge in [-0.15, -0.1) is 0 Å². The first-order chi connectivity index (χ1) is 7.53. The van der Waals surface area contributed by atoms with E-state index >= 15 is 0 Å². The molecule has 1 rings (SSSR count). The Morgan fingerprint density at radius 3 is 2.44 bits per heavy atom. The topological polar surface area (TPSA) is 58.2 Å². The van der Waals surface area contributed by atoms with Crippen molar-refractivity contribution in [2.24, 2.45) is 0 Å². The second-order valence-corrected chi connectivity index (χ2v) is 5.73. The van der Waals surface area contributed by atoms with E-state index in [4.69, 9.17) is 11.6 Å². The van der Waals surface area contributed by atoms with E-state index in [0.717, 1.165) is 5.56 Å². The molecule has 0 heterocycles. The Bertz CT molecular complexity index is 417. The largest absolute Gasteiger partial charge is 0.319 e. The van der Waals surface area contributed by atoms with Crippen LogP contribution in [-0.4, -0.2) is 27.8 Å². The van der Waals surface area contributed by atoms with Gasteiger partial charge in [-0.2, -0.15) is 0 Å². The summed E-state index contributed by atoms with van der Waals surface area (Å²) in [7, 11) is -1.48. The molecule has 0 amide bonds. The van der Waals surface area contributed by atoms with Crippen molar-refractivity contribution in [1.29, 1.82) is 0 Å². The highest BCUT2D eigenvalue weighted by Crippen LogP contribution is 2.09. The Morgan fingerprint density at radius 2 is 1.88 bits per heavy atom. The number of halogens is 1. The fourth-order valence-electron chi connectivity index (χ4n) is 1.10. The average Bonchev–Trinajstić information content (AvgIpc) is 2.26. The van der Waals surface area contributed by atoms with Crippen LogP contribution in [-0.2, 0) is 16.6 Å². The van der Waals surface area contributed by atoms with Crippen molar-refractivity contribution in [2.45, 2.75) is 6.54 Å². The summed E-state index contributed by atoms with van der Waals surface area (Å²) in [6.45, 7) is 0.735. The average molecular weight is 263 g/mol. The molecule has 1 aromatic rings. The van der Waals surface area contributed by atoms with Crippen molar-refractivity contribution in [2.75, 3.05) is 19.3 Å². The van der Waals surface area contributed by atoms with Crippen LogP contribution in [0, 0.1) is 0 Å². The third-order valence-corrected chi connectivity index (χ3v) is 3.61. The highest BCUT2D eigenvalue weighted by Gasteiger charge is 2.08. The first kappa shape index (κ1) is 13.4. The van der Waals surface area contributed by atoms with Gasteiger partial charge in [0.05, 0.1) is 5.75 Å². The van der Waals surface area contributed by atoms with E-state index in [9.17, 15) is 8.42 Å². The molecule has 90 valence electrons. The van der Waals surface area contributed by atoms with Crippen LogP contribution in [0.4, 0.5) is 0 Å². The molecule has 0 radical (unpaired) electrons. The minimum absolute atomic E-state index is 0.0804. The van der Waals surface area contributed by atoms with Crippen LogP contribution >= 0.6 is 11.6 Å². The summed E-state index contributed by atoms with van der Waals surface area (Å²) in [5.74, 6) is 0.0804. The highest BCUT2D eigenvalue weighted by atomic mass is 35.5. The van der Waals surface area contributed by atoms with E-state index in [2.05, 4.69) is 10.0 Å². The molecule has 0 bridgehead atoms. The lowest BCUT2D eigenvalue weighted by Gasteiger charge is -2.06. The molecule has 0 aliphatic heterocycles. The van der Waals surface area contributed by atoms with Crippen molar-refractivity contribution < 1.29 is 8.42 Å². The highest BCUT2D eigenvalue weighted by molar-refractivity contribution is 7.89. The van der Waals surface area contributed by atoms with Gasteiger partial charge in [0.25, 0.3) is 0 Å². The van der Waals surface area contributed by atoms with Crippen LogP contribution < -0.4 is 10.0 Å². The van der Waals surface area contributed by atoms with E-state index < -0.39 is 10.0 Å². The van der Waals surface area contributed by atoms with Crippen LogP contribution in [0.15, 0.2) is 24.3 Å². The third kappa shape index (κ3) is 4.94. The number of hydrogen-bond acceptors (Lipinski definition) is 3. The second kappa shape index (κ2) is 6.20. The summed E-state index contributed by atoms with van der Waals surface area (Å²) in [6, 6.07) is 7.06. The summed E-state index contributed by atoms with van der Waals surface area (Å²) in [5.41, 5.74) is 0.887. The molecule has 0 saturated carbocycles. The lowest BCUT2D eigenvalue weighted by atomic mass is 10.2. The van der Waals surface area contributed by atoms with E-state index in [1.807, 2.05) is 0 Å². The van der Waals surface area contributed by atoms with E-state index in [0.29, 0.717) is 18.1 Å². The van der Waals surface area contributed by atoms with Crippen molar-refractivity contribution in [3.63, 3.8) is 0 Å². The molecule has 0 fully saturated rings. The van der Waals surface area contributed by atoms with Gasteiger partial charge in [0.15, 0.2) is 0 Å². The fourth-order valence-corrected chi connectivity index (χ4v) is 2.23. The Morgan fingerprint density at radius 1 is 1.25 bits per heavy atom. The molecule has 0 aliphatic rings. The van der Waals surface area contributed by atoms with E-state index in [1.165, 1.54) is 0 Å². The standard InChI is InChI=1S/C10H15ClN2O2S/c1-12-6-7-16(14,15)13-8-9-2-4-10(11)5-3-9/h2-5,12-13H,6-8H2,1H3. The molecule has 0 aliphatic carbocycles. The smallest absolute Gasteiger partial charge is 0.213 e. The molecule has 6 heteroatoms. The van der Waals surface area contributed by atoms with Crippen LogP contribution in [0.3, 0.4) is 0 Å². The molecular weight excluding hydrogens is 248 g/mol. The molecule has 0 aromatic heterocycles. The zero-order valence-electron chi connectivity index (χ0n) is 9.03. The second-order valence-electron chi connectivity index (χ2n) is 3.37. The maximum absolute atomic E-state index is 11.5. The Labute approximate surface area is 101 Å². The molecule has 2 N–H and O–H groups in total. The molecular formula is C10H15ClN2O2S. The predicted molar refractivity (Wildman–Crippen MR) is 66.0 cm³/mol. The lowest BCUT2D eigenvalue weighted by molar-refractivity contribution is 0.579. The predicted octanol–water partition coefficient (Wildman–Crippen LogP) is 0.979. The molecule has 4 nitrogen and oxygen atoms in total. The quantitative estimate of drug-likeness (QED) is 0.804. The monoisotopic (exact) mass is 262 g/mol. The van der Waals surface area contributed by atoms with Crippen LogP contribution in [0.5, 0.6) is 0 Å². The first-order valence-electron chi connectivity index (χ1n) is 4.90. The summed E-state index contributed by atoms with van der Waals surface area (Å²) >= 11 is 5.72. The van der Waals surface area contributed by atoms with Crippen molar-refractivity contribution in [3.05, 3.63) is 34.9 Å². The van der Waals surface area contributed by atoms with E-state index in [1.54, 1.807) is 31.3 Å². The maximum Gasteiger partial charge on any atom is 0.213 e. The van der Waals surface area contributed by atoms with Gasteiger partial charge < -0.3 is 5.32 Å². The number of nitrogens with one attached hydrogen (secondary N) is 2. The molecule has 0 saturated heterocycles. The minimum atomic E-state index is -3.20. The third-order valence-electron chi connectivity index (χ3n) is 2.03. The van der Waals surface area contributed by atoms with Crippen LogP contribution in [0.25, 0.3) is 0 Å². The van der Waals surface area contributed by atoms with Gasteiger partial charge >= 0.3 is 0 Å². The fraction of sp³-hybridized carbons (Fsp3) is 0.400. The normalized spacial score (nSPS) is 11.6. The SMILES string of the molecule is CNCCS(=O)(=O)NCc1ccc(Cl)cc1. The Hall–Kier alpha value is -0.620. The van der Waals surface area contributed by atoms with Crippen LogP contribution in [0.2, 0.25) is 5.02 Å². The molecule has 16 heavy (non-hydrogen) atoms. The lowest BCUT2D eigenvalue weighted by Crippen LogP contribution is -2.30.